The standard InChI is InChI=1S/C17H20FNO2/c1-11-5-8-14-15(3-2-4-16(14)18)17(11)19-9-12-6-7-13(10-20)21-12/h2-4,6-7,11,17,19-20H,5,8-10H2,1H3/t11-,17+/m0/s1. The third-order valence-electron chi connectivity index (χ3n) is 4.28. The third kappa shape index (κ3) is 2.87. The molecule has 0 spiro atoms. The van der Waals surface area contributed by atoms with E-state index in [-0.39, 0.29) is 18.5 Å². The second kappa shape index (κ2) is 6.00. The number of rotatable bonds is 4. The van der Waals surface area contributed by atoms with E-state index in [0.717, 1.165) is 29.7 Å². The summed E-state index contributed by atoms with van der Waals surface area (Å²) in [5.74, 6) is 1.70. The molecular formula is C17H20FNO2. The van der Waals surface area contributed by atoms with E-state index in [1.54, 1.807) is 12.1 Å². The summed E-state index contributed by atoms with van der Waals surface area (Å²) in [6, 6.07) is 9.08. The highest BCUT2D eigenvalue weighted by Crippen LogP contribution is 2.35. The van der Waals surface area contributed by atoms with Crippen LogP contribution in [0.5, 0.6) is 0 Å². The first kappa shape index (κ1) is 14.3. The smallest absolute Gasteiger partial charge is 0.129 e. The van der Waals surface area contributed by atoms with E-state index in [0.29, 0.717) is 18.2 Å². The molecule has 2 aromatic rings. The van der Waals surface area contributed by atoms with E-state index >= 15 is 0 Å². The predicted molar refractivity (Wildman–Crippen MR) is 78.1 cm³/mol. The van der Waals surface area contributed by atoms with Gasteiger partial charge in [-0.25, -0.2) is 4.39 Å². The van der Waals surface area contributed by atoms with Crippen LogP contribution in [0.3, 0.4) is 0 Å². The van der Waals surface area contributed by atoms with Crippen LogP contribution in [0.15, 0.2) is 34.7 Å². The lowest BCUT2D eigenvalue weighted by Crippen LogP contribution is -2.31. The molecule has 0 aliphatic heterocycles. The van der Waals surface area contributed by atoms with E-state index in [9.17, 15) is 4.39 Å². The molecule has 4 heteroatoms. The van der Waals surface area contributed by atoms with Crippen molar-refractivity contribution in [1.29, 1.82) is 0 Å². The minimum Gasteiger partial charge on any atom is -0.462 e. The van der Waals surface area contributed by atoms with Gasteiger partial charge < -0.3 is 14.8 Å². The van der Waals surface area contributed by atoms with Crippen LogP contribution in [0.25, 0.3) is 0 Å². The Kier molecular flexibility index (Phi) is 4.08. The van der Waals surface area contributed by atoms with Gasteiger partial charge in [-0.05, 0) is 48.1 Å². The first-order chi connectivity index (χ1) is 10.2. The number of aliphatic hydroxyl groups excluding tert-OH is 1. The Bertz CT molecular complexity index is 623. The second-order valence-electron chi connectivity index (χ2n) is 5.71. The van der Waals surface area contributed by atoms with Crippen LogP contribution in [-0.4, -0.2) is 5.11 Å². The molecular weight excluding hydrogens is 269 g/mol. The molecule has 0 unspecified atom stereocenters. The van der Waals surface area contributed by atoms with Gasteiger partial charge in [-0.1, -0.05) is 19.1 Å². The highest BCUT2D eigenvalue weighted by atomic mass is 19.1. The van der Waals surface area contributed by atoms with E-state index in [2.05, 4.69) is 12.2 Å². The van der Waals surface area contributed by atoms with Gasteiger partial charge in [0.05, 0.1) is 6.54 Å². The fourth-order valence-corrected chi connectivity index (χ4v) is 3.10. The maximum Gasteiger partial charge on any atom is 0.129 e. The van der Waals surface area contributed by atoms with Crippen LogP contribution in [0.2, 0.25) is 0 Å². The number of hydrogen-bond acceptors (Lipinski definition) is 3. The molecule has 0 bridgehead atoms. The Balaban J connectivity index is 1.77. The largest absolute Gasteiger partial charge is 0.462 e. The lowest BCUT2D eigenvalue weighted by atomic mass is 9.80. The molecule has 21 heavy (non-hydrogen) atoms. The molecule has 2 atom stereocenters. The number of furan rings is 1. The summed E-state index contributed by atoms with van der Waals surface area (Å²) < 4.78 is 19.4. The van der Waals surface area contributed by atoms with Crippen LogP contribution in [-0.2, 0) is 19.6 Å². The van der Waals surface area contributed by atoms with E-state index < -0.39 is 0 Å². The average molecular weight is 289 g/mol. The summed E-state index contributed by atoms with van der Waals surface area (Å²) in [6.45, 7) is 2.67. The highest BCUT2D eigenvalue weighted by Gasteiger charge is 2.27. The molecule has 1 aliphatic carbocycles. The van der Waals surface area contributed by atoms with Gasteiger partial charge in [0, 0.05) is 6.04 Å². The third-order valence-corrected chi connectivity index (χ3v) is 4.28. The van der Waals surface area contributed by atoms with Crippen molar-refractivity contribution < 1.29 is 13.9 Å². The Morgan fingerprint density at radius 1 is 1.29 bits per heavy atom. The zero-order valence-corrected chi connectivity index (χ0v) is 12.1. The number of fused-ring (bicyclic) bond motifs is 1. The number of aliphatic hydroxyl groups is 1. The van der Waals surface area contributed by atoms with Crippen LogP contribution in [0, 0.1) is 11.7 Å². The highest BCUT2D eigenvalue weighted by molar-refractivity contribution is 5.34. The minimum absolute atomic E-state index is 0.0894. The van der Waals surface area contributed by atoms with Gasteiger partial charge in [0.15, 0.2) is 0 Å². The molecule has 1 aromatic carbocycles. The SMILES string of the molecule is C[C@H]1CCc2c(F)cccc2[C@@H]1NCc1ccc(CO)o1. The van der Waals surface area contributed by atoms with Crippen molar-refractivity contribution in [2.24, 2.45) is 5.92 Å². The number of benzene rings is 1. The topological polar surface area (TPSA) is 45.4 Å². The fourth-order valence-electron chi connectivity index (χ4n) is 3.10. The Hall–Kier alpha value is -1.65. The van der Waals surface area contributed by atoms with Gasteiger partial charge in [0.2, 0.25) is 0 Å². The zero-order chi connectivity index (χ0) is 14.8. The summed E-state index contributed by atoms with van der Waals surface area (Å²) in [5, 5.41) is 12.5. The summed E-state index contributed by atoms with van der Waals surface area (Å²) in [7, 11) is 0. The second-order valence-corrected chi connectivity index (χ2v) is 5.71. The first-order valence-electron chi connectivity index (χ1n) is 7.38. The van der Waals surface area contributed by atoms with Crippen molar-refractivity contribution in [3.8, 4) is 0 Å². The van der Waals surface area contributed by atoms with Crippen molar-refractivity contribution in [3.63, 3.8) is 0 Å². The van der Waals surface area contributed by atoms with E-state index in [1.807, 2.05) is 12.1 Å². The van der Waals surface area contributed by atoms with Crippen molar-refractivity contribution in [1.82, 2.24) is 5.32 Å². The predicted octanol–water partition coefficient (Wildman–Crippen LogP) is 3.32. The maximum atomic E-state index is 13.9. The molecule has 0 saturated heterocycles. The quantitative estimate of drug-likeness (QED) is 0.907. The lowest BCUT2D eigenvalue weighted by Gasteiger charge is -2.32. The molecule has 1 heterocycles. The fraction of sp³-hybridized carbons (Fsp3) is 0.412. The molecule has 1 aliphatic rings. The Morgan fingerprint density at radius 3 is 2.86 bits per heavy atom. The molecule has 0 amide bonds. The van der Waals surface area contributed by atoms with Crippen LogP contribution >= 0.6 is 0 Å². The maximum absolute atomic E-state index is 13.9. The molecule has 0 fully saturated rings. The lowest BCUT2D eigenvalue weighted by molar-refractivity contribution is 0.240. The molecule has 0 saturated carbocycles. The van der Waals surface area contributed by atoms with Crippen LogP contribution < -0.4 is 5.32 Å². The van der Waals surface area contributed by atoms with E-state index in [1.165, 1.54) is 6.07 Å². The van der Waals surface area contributed by atoms with Gasteiger partial charge in [0.1, 0.15) is 23.9 Å². The van der Waals surface area contributed by atoms with Gasteiger partial charge in [0.25, 0.3) is 0 Å². The molecule has 2 N–H and O–H groups in total. The summed E-state index contributed by atoms with van der Waals surface area (Å²) in [4.78, 5) is 0. The van der Waals surface area contributed by atoms with E-state index in [4.69, 9.17) is 9.52 Å². The van der Waals surface area contributed by atoms with Gasteiger partial charge in [-0.3, -0.25) is 0 Å². The Morgan fingerprint density at radius 2 is 2.10 bits per heavy atom. The number of hydrogen-bond donors (Lipinski definition) is 2. The first-order valence-corrected chi connectivity index (χ1v) is 7.38. The molecule has 112 valence electrons. The van der Waals surface area contributed by atoms with Crippen molar-refractivity contribution in [3.05, 3.63) is 58.8 Å². The van der Waals surface area contributed by atoms with Gasteiger partial charge in [-0.15, -0.1) is 0 Å². The normalized spacial score (nSPS) is 21.3. The minimum atomic E-state index is -0.105. The van der Waals surface area contributed by atoms with Crippen LogP contribution in [0.4, 0.5) is 4.39 Å². The average Bonchev–Trinajstić information content (AvgIpc) is 2.94. The number of nitrogens with one attached hydrogen (secondary N) is 1. The van der Waals surface area contributed by atoms with Crippen molar-refractivity contribution in [2.45, 2.75) is 39.0 Å². The number of halogens is 1. The molecule has 0 radical (unpaired) electrons. The van der Waals surface area contributed by atoms with Crippen LogP contribution in [0.1, 0.15) is 42.0 Å². The summed E-state index contributed by atoms with van der Waals surface area (Å²) in [5.41, 5.74) is 1.89. The monoisotopic (exact) mass is 289 g/mol. The van der Waals surface area contributed by atoms with Crippen molar-refractivity contribution in [2.75, 3.05) is 0 Å². The zero-order valence-electron chi connectivity index (χ0n) is 12.1. The van der Waals surface area contributed by atoms with Gasteiger partial charge in [-0.2, -0.15) is 0 Å². The molecule has 1 aromatic heterocycles. The van der Waals surface area contributed by atoms with Crippen molar-refractivity contribution >= 4 is 0 Å². The molecule has 3 rings (SSSR count). The summed E-state index contributed by atoms with van der Waals surface area (Å²) in [6.07, 6.45) is 1.78. The summed E-state index contributed by atoms with van der Waals surface area (Å²) >= 11 is 0. The Labute approximate surface area is 123 Å². The van der Waals surface area contributed by atoms with Gasteiger partial charge >= 0.3 is 0 Å². The molecule has 3 nitrogen and oxygen atoms in total.